The predicted molar refractivity (Wildman–Crippen MR) is 85.0 cm³/mol. The summed E-state index contributed by atoms with van der Waals surface area (Å²) in [5.74, 6) is 0.251. The molecule has 0 saturated carbocycles. The number of piperidine rings is 1. The Hall–Kier alpha value is -1.42. The average Bonchev–Trinajstić information content (AvgIpc) is 2.52. The smallest absolute Gasteiger partial charge is 0.223 e. The highest BCUT2D eigenvalue weighted by molar-refractivity contribution is 5.76. The Bertz CT molecular complexity index is 427. The molecule has 2 heterocycles. The summed E-state index contributed by atoms with van der Waals surface area (Å²) in [6.07, 6.45) is 8.65. The molecule has 1 N–H and O–H groups in total. The zero-order valence-corrected chi connectivity index (χ0v) is 13.2. The molecule has 1 aliphatic heterocycles. The van der Waals surface area contributed by atoms with Crippen LogP contribution in [0, 0.1) is 0 Å². The van der Waals surface area contributed by atoms with Crippen LogP contribution in [0.25, 0.3) is 0 Å². The van der Waals surface area contributed by atoms with Gasteiger partial charge in [0.15, 0.2) is 0 Å². The van der Waals surface area contributed by atoms with Gasteiger partial charge >= 0.3 is 0 Å². The monoisotopic (exact) mass is 289 g/mol. The van der Waals surface area contributed by atoms with E-state index in [4.69, 9.17) is 0 Å². The van der Waals surface area contributed by atoms with Crippen LogP contribution < -0.4 is 5.32 Å². The number of hydrogen-bond acceptors (Lipinski definition) is 3. The minimum atomic E-state index is 0.251. The molecule has 1 aliphatic rings. The molecule has 1 saturated heterocycles. The fourth-order valence-corrected chi connectivity index (χ4v) is 2.86. The summed E-state index contributed by atoms with van der Waals surface area (Å²) in [4.78, 5) is 18.6. The number of nitrogens with one attached hydrogen (secondary N) is 1. The SMILES string of the molecule is CC(C)N(CC1CCCCN1)C(=O)CCc1cccnc1. The van der Waals surface area contributed by atoms with E-state index in [1.165, 1.54) is 19.3 Å². The van der Waals surface area contributed by atoms with E-state index in [0.29, 0.717) is 12.5 Å². The van der Waals surface area contributed by atoms with E-state index >= 15 is 0 Å². The van der Waals surface area contributed by atoms with Gasteiger partial charge in [-0.3, -0.25) is 9.78 Å². The van der Waals surface area contributed by atoms with Crippen molar-refractivity contribution in [2.45, 2.75) is 58.0 Å². The molecule has 1 aromatic rings. The molecule has 0 aliphatic carbocycles. The van der Waals surface area contributed by atoms with Gasteiger partial charge in [0.25, 0.3) is 0 Å². The second kappa shape index (κ2) is 8.13. The Morgan fingerprint density at radius 3 is 2.95 bits per heavy atom. The lowest BCUT2D eigenvalue weighted by atomic mass is 10.0. The minimum Gasteiger partial charge on any atom is -0.339 e. The van der Waals surface area contributed by atoms with Crippen LogP contribution >= 0.6 is 0 Å². The molecule has 1 aromatic heterocycles. The van der Waals surface area contributed by atoms with Crippen LogP contribution in [0.3, 0.4) is 0 Å². The molecule has 2 rings (SSSR count). The predicted octanol–water partition coefficient (Wildman–Crippen LogP) is 2.39. The van der Waals surface area contributed by atoms with Crippen LogP contribution in [0.5, 0.6) is 0 Å². The lowest BCUT2D eigenvalue weighted by molar-refractivity contribution is -0.133. The summed E-state index contributed by atoms with van der Waals surface area (Å²) in [6.45, 7) is 6.12. The van der Waals surface area contributed by atoms with E-state index in [1.807, 2.05) is 23.2 Å². The summed E-state index contributed by atoms with van der Waals surface area (Å²) < 4.78 is 0. The van der Waals surface area contributed by atoms with Gasteiger partial charge in [-0.15, -0.1) is 0 Å². The lowest BCUT2D eigenvalue weighted by Gasteiger charge is -2.33. The van der Waals surface area contributed by atoms with Crippen molar-refractivity contribution in [2.24, 2.45) is 0 Å². The Balaban J connectivity index is 1.86. The zero-order valence-electron chi connectivity index (χ0n) is 13.2. The standard InChI is InChI=1S/C17H27N3O/c1-14(2)20(13-16-7-3-4-11-19-16)17(21)9-8-15-6-5-10-18-12-15/h5-6,10,12,14,16,19H,3-4,7-9,11,13H2,1-2H3. The number of pyridine rings is 1. The summed E-state index contributed by atoms with van der Waals surface area (Å²) in [5.41, 5.74) is 1.13. The van der Waals surface area contributed by atoms with Gasteiger partial charge < -0.3 is 10.2 Å². The first-order valence-electron chi connectivity index (χ1n) is 8.08. The third kappa shape index (κ3) is 5.12. The topological polar surface area (TPSA) is 45.2 Å². The lowest BCUT2D eigenvalue weighted by Crippen LogP contribution is -2.48. The average molecular weight is 289 g/mol. The Morgan fingerprint density at radius 2 is 2.33 bits per heavy atom. The zero-order chi connectivity index (χ0) is 15.1. The fraction of sp³-hybridized carbons (Fsp3) is 0.647. The molecule has 4 nitrogen and oxygen atoms in total. The van der Waals surface area contributed by atoms with Crippen LogP contribution in [0.1, 0.15) is 45.1 Å². The first-order valence-corrected chi connectivity index (χ1v) is 8.08. The number of aromatic nitrogens is 1. The Kier molecular flexibility index (Phi) is 6.18. The van der Waals surface area contributed by atoms with Crippen LogP contribution in [0.2, 0.25) is 0 Å². The van der Waals surface area contributed by atoms with E-state index in [-0.39, 0.29) is 11.9 Å². The fourth-order valence-electron chi connectivity index (χ4n) is 2.86. The number of carbonyl (C=O) groups is 1. The minimum absolute atomic E-state index is 0.251. The molecular weight excluding hydrogens is 262 g/mol. The summed E-state index contributed by atoms with van der Waals surface area (Å²) >= 11 is 0. The molecule has 116 valence electrons. The molecule has 21 heavy (non-hydrogen) atoms. The molecular formula is C17H27N3O. The van der Waals surface area contributed by atoms with Crippen molar-refractivity contribution in [1.29, 1.82) is 0 Å². The van der Waals surface area contributed by atoms with Gasteiger partial charge in [0, 0.05) is 37.4 Å². The Labute approximate surface area is 127 Å². The molecule has 1 fully saturated rings. The van der Waals surface area contributed by atoms with E-state index in [9.17, 15) is 4.79 Å². The van der Waals surface area contributed by atoms with Crippen molar-refractivity contribution in [2.75, 3.05) is 13.1 Å². The Morgan fingerprint density at radius 1 is 1.48 bits per heavy atom. The summed E-state index contributed by atoms with van der Waals surface area (Å²) in [5, 5.41) is 3.53. The highest BCUT2D eigenvalue weighted by Crippen LogP contribution is 2.12. The number of amides is 1. The number of hydrogen-bond donors (Lipinski definition) is 1. The van der Waals surface area contributed by atoms with E-state index in [2.05, 4.69) is 24.1 Å². The number of nitrogens with zero attached hydrogens (tertiary/aromatic N) is 2. The third-order valence-corrected chi connectivity index (χ3v) is 4.12. The maximum absolute atomic E-state index is 12.5. The maximum Gasteiger partial charge on any atom is 0.223 e. The highest BCUT2D eigenvalue weighted by Gasteiger charge is 2.22. The van der Waals surface area contributed by atoms with E-state index < -0.39 is 0 Å². The number of carbonyl (C=O) groups excluding carboxylic acids is 1. The van der Waals surface area contributed by atoms with Crippen molar-refractivity contribution in [1.82, 2.24) is 15.2 Å². The van der Waals surface area contributed by atoms with Gasteiger partial charge in [-0.2, -0.15) is 0 Å². The molecule has 4 heteroatoms. The van der Waals surface area contributed by atoms with Crippen LogP contribution in [0.15, 0.2) is 24.5 Å². The largest absolute Gasteiger partial charge is 0.339 e. The quantitative estimate of drug-likeness (QED) is 0.874. The molecule has 1 atom stereocenters. The molecule has 0 spiro atoms. The van der Waals surface area contributed by atoms with Crippen molar-refractivity contribution >= 4 is 5.91 Å². The van der Waals surface area contributed by atoms with Crippen LogP contribution in [-0.4, -0.2) is 41.0 Å². The molecule has 1 unspecified atom stereocenters. The highest BCUT2D eigenvalue weighted by atomic mass is 16.2. The van der Waals surface area contributed by atoms with Gasteiger partial charge in [-0.25, -0.2) is 0 Å². The molecule has 0 bridgehead atoms. The first-order chi connectivity index (χ1) is 10.2. The van der Waals surface area contributed by atoms with Gasteiger partial charge in [-0.05, 0) is 51.3 Å². The second-order valence-corrected chi connectivity index (χ2v) is 6.15. The second-order valence-electron chi connectivity index (χ2n) is 6.15. The van der Waals surface area contributed by atoms with Gasteiger partial charge in [-0.1, -0.05) is 12.5 Å². The maximum atomic E-state index is 12.5. The van der Waals surface area contributed by atoms with Gasteiger partial charge in [0.05, 0.1) is 0 Å². The first kappa shape index (κ1) is 16.0. The van der Waals surface area contributed by atoms with Crippen molar-refractivity contribution < 1.29 is 4.79 Å². The molecule has 0 radical (unpaired) electrons. The number of rotatable bonds is 6. The van der Waals surface area contributed by atoms with Gasteiger partial charge in [0.1, 0.15) is 0 Å². The molecule has 0 aromatic carbocycles. The van der Waals surface area contributed by atoms with Gasteiger partial charge in [0.2, 0.25) is 5.91 Å². The summed E-state index contributed by atoms with van der Waals surface area (Å²) in [6, 6.07) is 4.67. The third-order valence-electron chi connectivity index (χ3n) is 4.12. The van der Waals surface area contributed by atoms with Crippen molar-refractivity contribution in [3.05, 3.63) is 30.1 Å². The van der Waals surface area contributed by atoms with Crippen molar-refractivity contribution in [3.8, 4) is 0 Å². The summed E-state index contributed by atoms with van der Waals surface area (Å²) in [7, 11) is 0. The van der Waals surface area contributed by atoms with E-state index in [0.717, 1.165) is 25.1 Å². The number of aryl methyl sites for hydroxylation is 1. The molecule has 1 amide bonds. The van der Waals surface area contributed by atoms with E-state index in [1.54, 1.807) is 6.20 Å². The van der Waals surface area contributed by atoms with Crippen LogP contribution in [0.4, 0.5) is 0 Å². The van der Waals surface area contributed by atoms with Crippen molar-refractivity contribution in [3.63, 3.8) is 0 Å². The van der Waals surface area contributed by atoms with Crippen LogP contribution in [-0.2, 0) is 11.2 Å². The normalized spacial score (nSPS) is 18.7.